The molecule has 2 saturated heterocycles. The topological polar surface area (TPSA) is 148 Å². The van der Waals surface area contributed by atoms with Crippen LogP contribution < -0.4 is 0 Å². The number of ether oxygens (including phenoxy) is 5. The number of esters is 4. The molecule has 10 unspecified atom stereocenters. The van der Waals surface area contributed by atoms with Crippen molar-refractivity contribution in [1.29, 1.82) is 0 Å². The molecule has 1 aromatic rings. The van der Waals surface area contributed by atoms with E-state index in [1.807, 2.05) is 41.5 Å². The number of hydrogen-bond donors (Lipinski definition) is 1. The SMILES string of the molecule is C=C1C2CCC3(C)C(c4ccoc4)OC(=O)C(OC(C)=O)C13OC1C(OC(=O)CC(C)C)C(O)C(C)(C)C(CC(=O)OC)C21C. The number of cyclic esters (lactones) is 1. The van der Waals surface area contributed by atoms with Crippen LogP contribution in [-0.2, 0) is 42.9 Å². The lowest BCUT2D eigenvalue weighted by Crippen LogP contribution is -2.80. The fourth-order valence-electron chi connectivity index (χ4n) is 9.19. The van der Waals surface area contributed by atoms with Gasteiger partial charge in [0, 0.05) is 36.2 Å². The van der Waals surface area contributed by atoms with E-state index in [1.54, 1.807) is 6.07 Å². The molecule has 1 spiro atoms. The van der Waals surface area contributed by atoms with Gasteiger partial charge in [-0.25, -0.2) is 4.79 Å². The van der Waals surface area contributed by atoms with Gasteiger partial charge in [0.2, 0.25) is 6.10 Å². The Labute approximate surface area is 263 Å². The molecule has 11 nitrogen and oxygen atoms in total. The minimum atomic E-state index is -1.64. The minimum absolute atomic E-state index is 0.00445. The molecule has 1 N–H and O–H groups in total. The zero-order valence-electron chi connectivity index (χ0n) is 27.4. The summed E-state index contributed by atoms with van der Waals surface area (Å²) < 4.78 is 35.5. The second kappa shape index (κ2) is 11.3. The Balaban J connectivity index is 1.74. The zero-order chi connectivity index (χ0) is 33.3. The summed E-state index contributed by atoms with van der Waals surface area (Å²) in [4.78, 5) is 52.6. The van der Waals surface area contributed by atoms with Gasteiger partial charge in [-0.2, -0.15) is 0 Å². The normalized spacial score (nSPS) is 40.1. The number of carbonyl (C=O) groups is 4. The lowest BCUT2D eigenvalue weighted by molar-refractivity contribution is -0.355. The molecule has 2 bridgehead atoms. The van der Waals surface area contributed by atoms with Crippen molar-refractivity contribution in [1.82, 2.24) is 0 Å². The molecule has 1 aromatic heterocycles. The van der Waals surface area contributed by atoms with Gasteiger partial charge in [-0.15, -0.1) is 0 Å². The fraction of sp³-hybridized carbons (Fsp3) is 0.706. The van der Waals surface area contributed by atoms with Crippen LogP contribution in [0.1, 0.15) is 85.8 Å². The highest BCUT2D eigenvalue weighted by molar-refractivity contribution is 5.83. The highest BCUT2D eigenvalue weighted by Crippen LogP contribution is 2.72. The molecule has 10 atom stereocenters. The van der Waals surface area contributed by atoms with Crippen molar-refractivity contribution in [3.8, 4) is 0 Å². The van der Waals surface area contributed by atoms with Crippen LogP contribution in [0.15, 0.2) is 35.2 Å². The molecule has 2 aliphatic carbocycles. The van der Waals surface area contributed by atoms with Gasteiger partial charge in [0.15, 0.2) is 6.10 Å². The van der Waals surface area contributed by atoms with Crippen molar-refractivity contribution < 1.29 is 52.4 Å². The summed E-state index contributed by atoms with van der Waals surface area (Å²) in [6.45, 7) is 17.1. The highest BCUT2D eigenvalue weighted by atomic mass is 16.6. The molecule has 5 rings (SSSR count). The second-order valence-corrected chi connectivity index (χ2v) is 14.7. The standard InChI is InChI=1S/C34H46O11/c1-17(2)14-24(37)43-25-26(38)31(5,6)22(15-23(36)40-9)33(8)21-10-12-32(7)27(20-11-13-41-16-20)44-30(39)29(42-19(4)35)34(32,18(21)3)45-28(25)33/h11,13,16-17,21-22,25-29,38H,3,10,12,14-15H2,1-2,4-9H3. The first-order chi connectivity index (χ1) is 21.0. The van der Waals surface area contributed by atoms with E-state index in [0.717, 1.165) is 0 Å². The fourth-order valence-corrected chi connectivity index (χ4v) is 9.19. The first kappa shape index (κ1) is 33.2. The number of hydrogen-bond acceptors (Lipinski definition) is 11. The maximum Gasteiger partial charge on any atom is 0.351 e. The molecule has 0 amide bonds. The van der Waals surface area contributed by atoms with E-state index in [2.05, 4.69) is 6.58 Å². The van der Waals surface area contributed by atoms with Gasteiger partial charge >= 0.3 is 23.9 Å². The lowest BCUT2D eigenvalue weighted by atomic mass is 9.40. The quantitative estimate of drug-likeness (QED) is 0.259. The van der Waals surface area contributed by atoms with Crippen molar-refractivity contribution in [2.45, 2.75) is 110 Å². The summed E-state index contributed by atoms with van der Waals surface area (Å²) in [5.41, 5.74) is -3.41. The van der Waals surface area contributed by atoms with Crippen LogP contribution in [0.25, 0.3) is 0 Å². The van der Waals surface area contributed by atoms with Crippen molar-refractivity contribution in [3.05, 3.63) is 36.3 Å². The number of aliphatic hydroxyl groups excluding tert-OH is 1. The van der Waals surface area contributed by atoms with Gasteiger partial charge < -0.3 is 33.2 Å². The summed E-state index contributed by atoms with van der Waals surface area (Å²) >= 11 is 0. The van der Waals surface area contributed by atoms with Crippen LogP contribution >= 0.6 is 0 Å². The van der Waals surface area contributed by atoms with Crippen LogP contribution in [0.4, 0.5) is 0 Å². The molecule has 248 valence electrons. The Hall–Kier alpha value is -3.18. The molecular formula is C34H46O11. The third kappa shape index (κ3) is 4.75. The van der Waals surface area contributed by atoms with Crippen LogP contribution in [0.5, 0.6) is 0 Å². The Morgan fingerprint density at radius 3 is 2.40 bits per heavy atom. The average molecular weight is 631 g/mol. The van der Waals surface area contributed by atoms with E-state index in [9.17, 15) is 24.3 Å². The number of fused-ring (bicyclic) bond motifs is 3. The van der Waals surface area contributed by atoms with Gasteiger partial charge in [-0.05, 0) is 47.6 Å². The molecule has 2 aliphatic heterocycles. The maximum atomic E-state index is 13.9. The largest absolute Gasteiger partial charge is 0.472 e. The first-order valence-electron chi connectivity index (χ1n) is 15.7. The number of rotatable bonds is 7. The van der Waals surface area contributed by atoms with Gasteiger partial charge in [-0.3, -0.25) is 14.4 Å². The highest BCUT2D eigenvalue weighted by Gasteiger charge is 2.79. The predicted octanol–water partition coefficient (Wildman–Crippen LogP) is 4.46. The molecule has 2 saturated carbocycles. The molecule has 0 aromatic carbocycles. The van der Waals surface area contributed by atoms with E-state index in [-0.39, 0.29) is 18.8 Å². The van der Waals surface area contributed by atoms with E-state index in [4.69, 9.17) is 28.1 Å². The van der Waals surface area contributed by atoms with Crippen LogP contribution in [0.2, 0.25) is 0 Å². The maximum absolute atomic E-state index is 13.9. The molecule has 3 heterocycles. The van der Waals surface area contributed by atoms with E-state index < -0.39 is 88.1 Å². The molecule has 11 heteroatoms. The first-order valence-corrected chi connectivity index (χ1v) is 15.7. The van der Waals surface area contributed by atoms with Crippen LogP contribution in [0, 0.1) is 34.0 Å². The van der Waals surface area contributed by atoms with E-state index in [0.29, 0.717) is 24.0 Å². The van der Waals surface area contributed by atoms with E-state index >= 15 is 0 Å². The van der Waals surface area contributed by atoms with Gasteiger partial charge in [0.1, 0.15) is 17.8 Å². The molecule has 45 heavy (non-hydrogen) atoms. The second-order valence-electron chi connectivity index (χ2n) is 14.7. The Kier molecular flexibility index (Phi) is 8.30. The van der Waals surface area contributed by atoms with Crippen molar-refractivity contribution >= 4 is 23.9 Å². The summed E-state index contributed by atoms with van der Waals surface area (Å²) in [5.74, 6) is -3.41. The van der Waals surface area contributed by atoms with E-state index in [1.165, 1.54) is 26.6 Å². The number of carbonyl (C=O) groups excluding carboxylic acids is 4. The Bertz CT molecular complexity index is 1360. The number of furan rings is 1. The minimum Gasteiger partial charge on any atom is -0.472 e. The monoisotopic (exact) mass is 630 g/mol. The lowest BCUT2D eigenvalue weighted by Gasteiger charge is -2.72. The van der Waals surface area contributed by atoms with Crippen molar-refractivity contribution in [3.63, 3.8) is 0 Å². The Morgan fingerprint density at radius 1 is 1.13 bits per heavy atom. The summed E-state index contributed by atoms with van der Waals surface area (Å²) in [6, 6.07) is 1.71. The average Bonchev–Trinajstić information content (AvgIpc) is 3.48. The number of aliphatic hydroxyl groups is 1. The smallest absolute Gasteiger partial charge is 0.351 e. The van der Waals surface area contributed by atoms with Crippen LogP contribution in [-0.4, -0.2) is 66.1 Å². The molecule has 4 fully saturated rings. The molecule has 4 aliphatic rings. The summed E-state index contributed by atoms with van der Waals surface area (Å²) in [7, 11) is 1.32. The predicted molar refractivity (Wildman–Crippen MR) is 158 cm³/mol. The third-order valence-electron chi connectivity index (χ3n) is 11.4. The van der Waals surface area contributed by atoms with Gasteiger partial charge in [0.25, 0.3) is 0 Å². The van der Waals surface area contributed by atoms with Crippen molar-refractivity contribution in [2.75, 3.05) is 7.11 Å². The van der Waals surface area contributed by atoms with Gasteiger partial charge in [0.05, 0.1) is 25.7 Å². The van der Waals surface area contributed by atoms with Crippen LogP contribution in [0.3, 0.4) is 0 Å². The summed E-state index contributed by atoms with van der Waals surface area (Å²) in [6.07, 6.45) is -1.78. The zero-order valence-corrected chi connectivity index (χ0v) is 27.4. The summed E-state index contributed by atoms with van der Waals surface area (Å²) in [5, 5.41) is 12.0. The van der Waals surface area contributed by atoms with Gasteiger partial charge in [-0.1, -0.05) is 48.1 Å². The third-order valence-corrected chi connectivity index (χ3v) is 11.4. The Morgan fingerprint density at radius 2 is 1.82 bits per heavy atom. The molecular weight excluding hydrogens is 584 g/mol. The number of methoxy groups -OCH3 is 1. The van der Waals surface area contributed by atoms with Crippen molar-refractivity contribution in [2.24, 2.45) is 34.0 Å². The molecule has 0 radical (unpaired) electrons.